The van der Waals surface area contributed by atoms with E-state index in [2.05, 4.69) is 0 Å². The number of fused-ring (bicyclic) bond motifs is 3. The highest BCUT2D eigenvalue weighted by Crippen LogP contribution is 2.50. The van der Waals surface area contributed by atoms with Gasteiger partial charge in [0.05, 0.1) is 32.6 Å². The highest BCUT2D eigenvalue weighted by Gasteiger charge is 2.37. The van der Waals surface area contributed by atoms with Crippen molar-refractivity contribution in [2.45, 2.75) is 32.6 Å². The van der Waals surface area contributed by atoms with Crippen molar-refractivity contribution in [2.24, 2.45) is 0 Å². The number of ketones is 1. The lowest BCUT2D eigenvalue weighted by Gasteiger charge is -2.28. The zero-order valence-corrected chi connectivity index (χ0v) is 22.5. The third-order valence-electron chi connectivity index (χ3n) is 7.03. The van der Waals surface area contributed by atoms with Gasteiger partial charge in [-0.15, -0.1) is 0 Å². The number of benzene rings is 3. The average Bonchev–Trinajstić information content (AvgIpc) is 2.92. The van der Waals surface area contributed by atoms with Crippen molar-refractivity contribution in [1.82, 2.24) is 0 Å². The summed E-state index contributed by atoms with van der Waals surface area (Å²) in [6, 6.07) is 14.2. The lowest BCUT2D eigenvalue weighted by molar-refractivity contribution is -0.135. The van der Waals surface area contributed by atoms with Crippen LogP contribution < -0.4 is 24.6 Å². The molecule has 0 unspecified atom stereocenters. The Hall–Kier alpha value is -4.79. The van der Waals surface area contributed by atoms with Crippen LogP contribution in [0.4, 0.5) is 0 Å². The maximum atomic E-state index is 12.8. The number of methoxy groups -OCH3 is 2. The van der Waals surface area contributed by atoms with Gasteiger partial charge in [0.25, 0.3) is 0 Å². The van der Waals surface area contributed by atoms with Gasteiger partial charge in [-0.05, 0) is 54.8 Å². The number of ether oxygens (including phenoxy) is 4. The molecule has 4 aromatic rings. The van der Waals surface area contributed by atoms with Crippen molar-refractivity contribution in [3.8, 4) is 28.7 Å². The number of esters is 1. The number of phenolic OH excluding ortho intramolecular Hbond substituents is 1. The van der Waals surface area contributed by atoms with Crippen molar-refractivity contribution in [1.29, 1.82) is 0 Å². The molecule has 0 saturated heterocycles. The van der Waals surface area contributed by atoms with Crippen LogP contribution in [0.3, 0.4) is 0 Å². The van der Waals surface area contributed by atoms with Crippen LogP contribution in [0.1, 0.15) is 51.9 Å². The van der Waals surface area contributed by atoms with E-state index in [4.69, 9.17) is 23.4 Å². The van der Waals surface area contributed by atoms with Crippen LogP contribution in [0.15, 0.2) is 57.7 Å². The first-order chi connectivity index (χ1) is 19.2. The van der Waals surface area contributed by atoms with Crippen molar-refractivity contribution in [3.05, 3.63) is 86.8 Å². The number of carbonyl (C=O) groups is 2. The lowest BCUT2D eigenvalue weighted by Crippen LogP contribution is -2.24. The molecule has 9 heteroatoms. The van der Waals surface area contributed by atoms with Crippen LogP contribution >= 0.6 is 0 Å². The molecule has 40 heavy (non-hydrogen) atoms. The molecule has 3 aromatic carbocycles. The normalized spacial score (nSPS) is 14.4. The van der Waals surface area contributed by atoms with E-state index in [1.807, 2.05) is 24.3 Å². The number of Topliss-reactive ketones (excluding diaryl/α,β-unsaturated/α-hetero) is 1. The number of phenols is 1. The van der Waals surface area contributed by atoms with Gasteiger partial charge < -0.3 is 28.5 Å². The molecule has 5 rings (SSSR count). The monoisotopic (exact) mass is 544 g/mol. The number of hydrogen-bond donors (Lipinski definition) is 1. The van der Waals surface area contributed by atoms with Crippen molar-refractivity contribution in [2.75, 3.05) is 20.8 Å². The summed E-state index contributed by atoms with van der Waals surface area (Å²) in [4.78, 5) is 37.8. The van der Waals surface area contributed by atoms with Gasteiger partial charge in [0.2, 0.25) is 0 Å². The Morgan fingerprint density at radius 2 is 1.77 bits per heavy atom. The van der Waals surface area contributed by atoms with Crippen LogP contribution in [0.5, 0.6) is 28.7 Å². The molecule has 0 bridgehead atoms. The quantitative estimate of drug-likeness (QED) is 0.140. The molecular formula is C31H28O9. The molecule has 0 saturated carbocycles. The minimum atomic E-state index is -0.655. The van der Waals surface area contributed by atoms with E-state index in [9.17, 15) is 19.5 Å². The summed E-state index contributed by atoms with van der Waals surface area (Å²) >= 11 is 0. The van der Waals surface area contributed by atoms with Crippen molar-refractivity contribution >= 4 is 22.7 Å². The van der Waals surface area contributed by atoms with Crippen LogP contribution in [-0.2, 0) is 11.2 Å². The number of hydrogen-bond acceptors (Lipinski definition) is 9. The van der Waals surface area contributed by atoms with Crippen molar-refractivity contribution in [3.63, 3.8) is 0 Å². The number of aromatic hydroxyl groups is 1. The third kappa shape index (κ3) is 4.86. The largest absolute Gasteiger partial charge is 0.506 e. The molecule has 0 radical (unpaired) electrons. The second-order valence-corrected chi connectivity index (χ2v) is 9.56. The van der Waals surface area contributed by atoms with Crippen LogP contribution in [-0.4, -0.2) is 37.7 Å². The number of rotatable bonds is 8. The molecule has 9 nitrogen and oxygen atoms in total. The predicted molar refractivity (Wildman–Crippen MR) is 146 cm³/mol. The molecule has 206 valence electrons. The van der Waals surface area contributed by atoms with Gasteiger partial charge in [-0.25, -0.2) is 4.79 Å². The van der Waals surface area contributed by atoms with E-state index in [0.717, 1.165) is 11.3 Å². The topological polar surface area (TPSA) is 122 Å². The van der Waals surface area contributed by atoms with Gasteiger partial charge in [-0.2, -0.15) is 0 Å². The molecule has 0 fully saturated rings. The zero-order valence-electron chi connectivity index (χ0n) is 22.5. The minimum absolute atomic E-state index is 0.0674. The molecule has 1 aliphatic rings. The van der Waals surface area contributed by atoms with E-state index in [-0.39, 0.29) is 28.7 Å². The van der Waals surface area contributed by atoms with Crippen LogP contribution in [0.2, 0.25) is 0 Å². The van der Waals surface area contributed by atoms with E-state index in [0.29, 0.717) is 41.2 Å². The summed E-state index contributed by atoms with van der Waals surface area (Å²) in [6.45, 7) is 3.27. The van der Waals surface area contributed by atoms with Crippen LogP contribution in [0, 0.1) is 6.92 Å². The lowest BCUT2D eigenvalue weighted by atomic mass is 9.82. The van der Waals surface area contributed by atoms with Gasteiger partial charge in [-0.1, -0.05) is 18.2 Å². The Labute approximate surface area is 229 Å². The zero-order chi connectivity index (χ0) is 28.6. The third-order valence-corrected chi connectivity index (χ3v) is 7.03. The second-order valence-electron chi connectivity index (χ2n) is 9.56. The van der Waals surface area contributed by atoms with Crippen LogP contribution in [0.25, 0.3) is 11.0 Å². The summed E-state index contributed by atoms with van der Waals surface area (Å²) in [5.74, 6) is -0.514. The van der Waals surface area contributed by atoms with Crippen molar-refractivity contribution < 1.29 is 38.1 Å². The SMILES string of the molecule is COc1ccc(CCOc2cc([C@H]3CC(=O)Oc4c(C(C)=O)c(O)c5c(C)cc(=O)oc5c43)ccc2OC)cc1. The highest BCUT2D eigenvalue weighted by atomic mass is 16.5. The predicted octanol–water partition coefficient (Wildman–Crippen LogP) is 5.09. The molecule has 1 aromatic heterocycles. The first-order valence-corrected chi connectivity index (χ1v) is 12.7. The van der Waals surface area contributed by atoms with E-state index < -0.39 is 29.0 Å². The second kappa shape index (κ2) is 10.8. The Kier molecular flexibility index (Phi) is 7.21. The van der Waals surface area contributed by atoms with Gasteiger partial charge in [0.15, 0.2) is 23.0 Å². The van der Waals surface area contributed by atoms with Gasteiger partial charge in [-0.3, -0.25) is 9.59 Å². The first kappa shape index (κ1) is 26.8. The highest BCUT2D eigenvalue weighted by molar-refractivity contribution is 6.09. The van der Waals surface area contributed by atoms with E-state index in [1.165, 1.54) is 20.1 Å². The Bertz CT molecular complexity index is 1680. The van der Waals surface area contributed by atoms with E-state index in [1.54, 1.807) is 32.2 Å². The maximum absolute atomic E-state index is 12.8. The summed E-state index contributed by atoms with van der Waals surface area (Å²) in [6.07, 6.45) is 0.547. The van der Waals surface area contributed by atoms with Gasteiger partial charge in [0.1, 0.15) is 22.6 Å². The summed E-state index contributed by atoms with van der Waals surface area (Å²) < 4.78 is 27.9. The molecule has 0 spiro atoms. The Morgan fingerprint density at radius 1 is 1.02 bits per heavy atom. The van der Waals surface area contributed by atoms with E-state index >= 15 is 0 Å². The molecule has 1 N–H and O–H groups in total. The van der Waals surface area contributed by atoms with Gasteiger partial charge in [0, 0.05) is 24.0 Å². The van der Waals surface area contributed by atoms with Gasteiger partial charge >= 0.3 is 11.6 Å². The average molecular weight is 545 g/mol. The standard InChI is InChI=1S/C31H28O9/c1-16-13-24(33)39-30-26(16)29(35)27(17(2)32)31-28(30)21(15-25(34)40-31)19-7-10-22(37-4)23(14-19)38-12-11-18-5-8-20(36-3)9-6-18/h5-10,13-14,21,35H,11-12,15H2,1-4H3/t21-/m1/s1. The Morgan fingerprint density at radius 3 is 2.45 bits per heavy atom. The summed E-state index contributed by atoms with van der Waals surface area (Å²) in [5.41, 5.74) is 1.79. The molecule has 0 amide bonds. The minimum Gasteiger partial charge on any atom is -0.506 e. The Balaban J connectivity index is 1.59. The fourth-order valence-electron chi connectivity index (χ4n) is 5.12. The smallest absolute Gasteiger partial charge is 0.336 e. The summed E-state index contributed by atoms with van der Waals surface area (Å²) in [5, 5.41) is 11.2. The molecule has 1 atom stereocenters. The molecule has 1 aliphatic heterocycles. The summed E-state index contributed by atoms with van der Waals surface area (Å²) in [7, 11) is 3.15. The molecular weight excluding hydrogens is 516 g/mol. The maximum Gasteiger partial charge on any atom is 0.336 e. The number of aryl methyl sites for hydroxylation is 1. The fourth-order valence-corrected chi connectivity index (χ4v) is 5.12. The first-order valence-electron chi connectivity index (χ1n) is 12.7. The molecule has 2 heterocycles. The number of carbonyl (C=O) groups excluding carboxylic acids is 2. The fraction of sp³-hybridized carbons (Fsp3) is 0.258. The molecule has 0 aliphatic carbocycles.